The minimum atomic E-state index is 0.115. The van der Waals surface area contributed by atoms with Crippen LogP contribution in [0, 0.1) is 6.92 Å². The van der Waals surface area contributed by atoms with Gasteiger partial charge in [0.15, 0.2) is 0 Å². The maximum atomic E-state index is 5.15. The lowest BCUT2D eigenvalue weighted by atomic mass is 10.0. The molecule has 21 heavy (non-hydrogen) atoms. The fraction of sp³-hybridized carbons (Fsp3) is 0.444. The number of hydrogen-bond acceptors (Lipinski definition) is 3. The van der Waals surface area contributed by atoms with Crippen molar-refractivity contribution in [3.63, 3.8) is 0 Å². The summed E-state index contributed by atoms with van der Waals surface area (Å²) >= 11 is 0. The second kappa shape index (κ2) is 6.35. The molecule has 0 aliphatic heterocycles. The van der Waals surface area contributed by atoms with E-state index in [0.717, 1.165) is 13.1 Å². The van der Waals surface area contributed by atoms with Gasteiger partial charge in [0.25, 0.3) is 0 Å². The van der Waals surface area contributed by atoms with Crippen LogP contribution < -0.4 is 10.2 Å². The zero-order chi connectivity index (χ0) is 15.5. The van der Waals surface area contributed by atoms with E-state index >= 15 is 0 Å². The smallest absolute Gasteiger partial charge is 0.0952 e. The summed E-state index contributed by atoms with van der Waals surface area (Å²) < 4.78 is 5.15. The van der Waals surface area contributed by atoms with Crippen LogP contribution in [0.25, 0.3) is 0 Å². The molecule has 0 saturated heterocycles. The molecule has 1 N–H and O–H groups in total. The van der Waals surface area contributed by atoms with E-state index < -0.39 is 0 Å². The van der Waals surface area contributed by atoms with Crippen LogP contribution in [0.3, 0.4) is 0 Å². The zero-order valence-corrected chi connectivity index (χ0v) is 13.7. The molecular weight excluding hydrogens is 260 g/mol. The van der Waals surface area contributed by atoms with Crippen molar-refractivity contribution in [3.05, 3.63) is 53.5 Å². The third-order valence-corrected chi connectivity index (χ3v) is 3.46. The highest BCUT2D eigenvalue weighted by atomic mass is 16.3. The largest absolute Gasteiger partial charge is 0.472 e. The number of benzene rings is 1. The number of aryl methyl sites for hydroxylation is 1. The Labute approximate surface area is 128 Å². The molecule has 0 unspecified atom stereocenters. The number of nitrogens with zero attached hydrogens (tertiary/aromatic N) is 1. The van der Waals surface area contributed by atoms with Gasteiger partial charge in [0, 0.05) is 36.9 Å². The highest BCUT2D eigenvalue weighted by Crippen LogP contribution is 2.23. The van der Waals surface area contributed by atoms with E-state index in [1.807, 2.05) is 6.07 Å². The van der Waals surface area contributed by atoms with Crippen molar-refractivity contribution >= 4 is 5.69 Å². The topological polar surface area (TPSA) is 28.4 Å². The summed E-state index contributed by atoms with van der Waals surface area (Å²) in [6.07, 6.45) is 3.53. The summed E-state index contributed by atoms with van der Waals surface area (Å²) in [7, 11) is 2.12. The molecular formula is C18H26N2O. The highest BCUT2D eigenvalue weighted by Gasteiger charge is 2.13. The molecule has 0 saturated carbocycles. The van der Waals surface area contributed by atoms with E-state index in [0.29, 0.717) is 0 Å². The van der Waals surface area contributed by atoms with Crippen molar-refractivity contribution < 1.29 is 4.42 Å². The fourth-order valence-corrected chi connectivity index (χ4v) is 2.33. The van der Waals surface area contributed by atoms with Crippen LogP contribution in [0.4, 0.5) is 5.69 Å². The molecule has 1 aromatic heterocycles. The molecule has 3 heteroatoms. The van der Waals surface area contributed by atoms with E-state index in [9.17, 15) is 0 Å². The summed E-state index contributed by atoms with van der Waals surface area (Å²) in [5.41, 5.74) is 5.19. The second-order valence-corrected chi connectivity index (χ2v) is 6.72. The number of nitrogens with one attached hydrogen (secondary N) is 1. The van der Waals surface area contributed by atoms with Gasteiger partial charge in [0.1, 0.15) is 0 Å². The minimum Gasteiger partial charge on any atom is -0.472 e. The van der Waals surface area contributed by atoms with E-state index in [4.69, 9.17) is 4.42 Å². The quantitative estimate of drug-likeness (QED) is 0.896. The van der Waals surface area contributed by atoms with Crippen molar-refractivity contribution in [2.75, 3.05) is 11.9 Å². The lowest BCUT2D eigenvalue weighted by molar-refractivity contribution is 0.424. The zero-order valence-electron chi connectivity index (χ0n) is 13.7. The number of hydrogen-bond donors (Lipinski definition) is 1. The van der Waals surface area contributed by atoms with Gasteiger partial charge in [-0.05, 0) is 45.4 Å². The predicted octanol–water partition coefficient (Wildman–Crippen LogP) is 4.11. The molecule has 2 rings (SSSR count). The van der Waals surface area contributed by atoms with Gasteiger partial charge in [0.2, 0.25) is 0 Å². The molecule has 2 aromatic rings. The standard InChI is InChI=1S/C18H26N2O/c1-14-6-7-17(16(10-14)11-19-18(2,3)4)20(5)12-15-8-9-21-13-15/h6-10,13,19H,11-12H2,1-5H3. The monoisotopic (exact) mass is 286 g/mol. The maximum Gasteiger partial charge on any atom is 0.0952 e. The van der Waals surface area contributed by atoms with Crippen molar-refractivity contribution in [2.45, 2.75) is 46.3 Å². The highest BCUT2D eigenvalue weighted by molar-refractivity contribution is 5.54. The Hall–Kier alpha value is -1.74. The molecule has 0 amide bonds. The Morgan fingerprint density at radius 1 is 1.19 bits per heavy atom. The molecule has 0 spiro atoms. The van der Waals surface area contributed by atoms with E-state index in [1.54, 1.807) is 12.5 Å². The first-order chi connectivity index (χ1) is 9.85. The van der Waals surface area contributed by atoms with Crippen LogP contribution in [0.5, 0.6) is 0 Å². The van der Waals surface area contributed by atoms with Gasteiger partial charge >= 0.3 is 0 Å². The molecule has 0 radical (unpaired) electrons. The number of anilines is 1. The summed E-state index contributed by atoms with van der Waals surface area (Å²) in [6.45, 7) is 10.4. The predicted molar refractivity (Wildman–Crippen MR) is 88.6 cm³/mol. The fourth-order valence-electron chi connectivity index (χ4n) is 2.33. The summed E-state index contributed by atoms with van der Waals surface area (Å²) in [5.74, 6) is 0. The van der Waals surface area contributed by atoms with Crippen LogP contribution in [-0.4, -0.2) is 12.6 Å². The van der Waals surface area contributed by atoms with E-state index in [1.165, 1.54) is 22.4 Å². The molecule has 3 nitrogen and oxygen atoms in total. The third-order valence-electron chi connectivity index (χ3n) is 3.46. The summed E-state index contributed by atoms with van der Waals surface area (Å²) in [4.78, 5) is 2.27. The van der Waals surface area contributed by atoms with Crippen LogP contribution in [-0.2, 0) is 13.1 Å². The molecule has 0 bridgehead atoms. The molecule has 114 valence electrons. The molecule has 1 heterocycles. The SMILES string of the molecule is Cc1ccc(N(C)Cc2ccoc2)c(CNC(C)(C)C)c1. The Morgan fingerprint density at radius 2 is 1.95 bits per heavy atom. The van der Waals surface area contributed by atoms with Crippen molar-refractivity contribution in [1.82, 2.24) is 5.32 Å². The Balaban J connectivity index is 2.17. The van der Waals surface area contributed by atoms with Gasteiger partial charge in [-0.3, -0.25) is 0 Å². The Morgan fingerprint density at radius 3 is 2.57 bits per heavy atom. The lowest BCUT2D eigenvalue weighted by Crippen LogP contribution is -2.35. The van der Waals surface area contributed by atoms with Crippen LogP contribution in [0.1, 0.15) is 37.5 Å². The normalized spacial score (nSPS) is 11.7. The number of rotatable bonds is 5. The van der Waals surface area contributed by atoms with Gasteiger partial charge in [-0.1, -0.05) is 17.7 Å². The van der Waals surface area contributed by atoms with Crippen LogP contribution in [0.15, 0.2) is 41.2 Å². The van der Waals surface area contributed by atoms with Crippen LogP contribution in [0.2, 0.25) is 0 Å². The maximum absolute atomic E-state index is 5.15. The first-order valence-corrected chi connectivity index (χ1v) is 7.42. The second-order valence-electron chi connectivity index (χ2n) is 6.72. The van der Waals surface area contributed by atoms with E-state index in [2.05, 4.69) is 63.2 Å². The molecule has 0 aliphatic carbocycles. The molecule has 0 aliphatic rings. The Kier molecular flexibility index (Phi) is 4.73. The van der Waals surface area contributed by atoms with Gasteiger partial charge < -0.3 is 14.6 Å². The van der Waals surface area contributed by atoms with Gasteiger partial charge in [-0.25, -0.2) is 0 Å². The van der Waals surface area contributed by atoms with Crippen molar-refractivity contribution in [3.8, 4) is 0 Å². The van der Waals surface area contributed by atoms with Gasteiger partial charge in [-0.2, -0.15) is 0 Å². The Bertz CT molecular complexity index is 567. The van der Waals surface area contributed by atoms with Gasteiger partial charge in [0.05, 0.1) is 12.5 Å². The lowest BCUT2D eigenvalue weighted by Gasteiger charge is -2.26. The van der Waals surface area contributed by atoms with E-state index in [-0.39, 0.29) is 5.54 Å². The number of furan rings is 1. The molecule has 1 aromatic carbocycles. The first kappa shape index (κ1) is 15.6. The average molecular weight is 286 g/mol. The van der Waals surface area contributed by atoms with Crippen LogP contribution >= 0.6 is 0 Å². The molecule has 0 fully saturated rings. The summed E-state index contributed by atoms with van der Waals surface area (Å²) in [6, 6.07) is 8.65. The summed E-state index contributed by atoms with van der Waals surface area (Å²) in [5, 5.41) is 3.57. The molecule has 0 atom stereocenters. The van der Waals surface area contributed by atoms with Gasteiger partial charge in [-0.15, -0.1) is 0 Å². The third kappa shape index (κ3) is 4.64. The van der Waals surface area contributed by atoms with Crippen molar-refractivity contribution in [2.24, 2.45) is 0 Å². The minimum absolute atomic E-state index is 0.115. The van der Waals surface area contributed by atoms with Crippen molar-refractivity contribution in [1.29, 1.82) is 0 Å². The first-order valence-electron chi connectivity index (χ1n) is 7.42. The average Bonchev–Trinajstić information content (AvgIpc) is 2.88.